The third-order valence-corrected chi connectivity index (χ3v) is 5.97. The maximum atomic E-state index is 13.0. The predicted octanol–water partition coefficient (Wildman–Crippen LogP) is 5.21. The van der Waals surface area contributed by atoms with Crippen molar-refractivity contribution < 1.29 is 10.0 Å². The van der Waals surface area contributed by atoms with Gasteiger partial charge in [0, 0.05) is 37.9 Å². The van der Waals surface area contributed by atoms with Gasteiger partial charge in [-0.3, -0.25) is 9.78 Å². The first-order valence-electron chi connectivity index (χ1n) is 10.5. The number of carbonyl (C=O) groups is 1. The first kappa shape index (κ1) is 22.9. The number of thiophene rings is 1. The van der Waals surface area contributed by atoms with Gasteiger partial charge in [0.1, 0.15) is 11.1 Å². The van der Waals surface area contributed by atoms with Gasteiger partial charge in [0.2, 0.25) is 0 Å². The van der Waals surface area contributed by atoms with Crippen molar-refractivity contribution in [2.24, 2.45) is 10.1 Å². The molecule has 0 fully saturated rings. The minimum absolute atomic E-state index is 0.206. The molecule has 2 aromatic carbocycles. The topological polar surface area (TPSA) is 102 Å². The number of aliphatic imine (C=N–C) groups is 1. The number of fused-ring (bicyclic) bond motifs is 1. The van der Waals surface area contributed by atoms with Gasteiger partial charge in [0.15, 0.2) is 5.84 Å². The van der Waals surface area contributed by atoms with Gasteiger partial charge in [0.25, 0.3) is 5.91 Å². The summed E-state index contributed by atoms with van der Waals surface area (Å²) in [6.45, 7) is 0.573. The number of pyridine rings is 1. The smallest absolute Gasteiger partial charge is 0.267 e. The second kappa shape index (κ2) is 10.6. The van der Waals surface area contributed by atoms with Crippen LogP contribution in [-0.2, 0) is 6.54 Å². The lowest BCUT2D eigenvalue weighted by molar-refractivity contribution is 0.103. The molecule has 0 atom stereocenters. The van der Waals surface area contributed by atoms with Crippen molar-refractivity contribution in [1.29, 1.82) is 0 Å². The van der Waals surface area contributed by atoms with Gasteiger partial charge in [-0.15, -0.1) is 11.3 Å². The number of hydrogen-bond donors (Lipinski definition) is 3. The summed E-state index contributed by atoms with van der Waals surface area (Å²) in [5.74, 6) is 0.266. The molecule has 0 aliphatic heterocycles. The first-order valence-corrected chi connectivity index (χ1v) is 11.4. The fourth-order valence-electron chi connectivity index (χ4n) is 3.39. The molecule has 172 valence electrons. The number of benzene rings is 2. The molecule has 0 saturated heterocycles. The fraction of sp³-hybridized carbons (Fsp3) is 0.120. The van der Waals surface area contributed by atoms with E-state index >= 15 is 0 Å². The van der Waals surface area contributed by atoms with E-state index < -0.39 is 0 Å². The zero-order valence-electron chi connectivity index (χ0n) is 18.8. The van der Waals surface area contributed by atoms with Crippen molar-refractivity contribution in [3.63, 3.8) is 0 Å². The average molecular weight is 473 g/mol. The van der Waals surface area contributed by atoms with Crippen LogP contribution in [-0.4, -0.2) is 47.1 Å². The van der Waals surface area contributed by atoms with Gasteiger partial charge < -0.3 is 20.7 Å². The number of amides is 1. The Morgan fingerprint density at radius 3 is 2.82 bits per heavy atom. The summed E-state index contributed by atoms with van der Waals surface area (Å²) >= 11 is 1.37. The molecule has 2 aromatic heterocycles. The van der Waals surface area contributed by atoms with E-state index in [4.69, 9.17) is 5.21 Å². The lowest BCUT2D eigenvalue weighted by Gasteiger charge is -2.12. The Bertz CT molecular complexity index is 1360. The van der Waals surface area contributed by atoms with Crippen LogP contribution in [0.5, 0.6) is 0 Å². The third-order valence-electron chi connectivity index (χ3n) is 5.06. The minimum Gasteiger partial charge on any atom is -0.411 e. The van der Waals surface area contributed by atoms with E-state index in [2.05, 4.69) is 25.8 Å². The standard InChI is InChI=1S/C25H24N6O2S/c1-31(2)23(16-28-33)29-18-6-5-7-19(14-18)30-25(32)24-22(11-13-34-24)27-15-17-10-12-26-21-9-4-3-8-20(17)21/h3-14,16,27,33H,15H2,1-2H3,(H,30,32). The third kappa shape index (κ3) is 5.38. The Kier molecular flexibility index (Phi) is 7.14. The lowest BCUT2D eigenvalue weighted by Crippen LogP contribution is -2.22. The Morgan fingerprint density at radius 1 is 1.15 bits per heavy atom. The lowest BCUT2D eigenvalue weighted by atomic mass is 10.1. The van der Waals surface area contributed by atoms with E-state index in [1.807, 2.05) is 47.8 Å². The van der Waals surface area contributed by atoms with Gasteiger partial charge in [-0.2, -0.15) is 0 Å². The number of oxime groups is 1. The molecule has 34 heavy (non-hydrogen) atoms. The first-order chi connectivity index (χ1) is 16.5. The summed E-state index contributed by atoms with van der Waals surface area (Å²) in [4.78, 5) is 24.2. The minimum atomic E-state index is -0.206. The van der Waals surface area contributed by atoms with E-state index in [-0.39, 0.29) is 5.91 Å². The average Bonchev–Trinajstić information content (AvgIpc) is 3.31. The van der Waals surface area contributed by atoms with Gasteiger partial charge in [-0.25, -0.2) is 4.99 Å². The van der Waals surface area contributed by atoms with E-state index in [0.29, 0.717) is 28.6 Å². The number of carbonyl (C=O) groups excluding carboxylic acids is 1. The number of para-hydroxylation sites is 1. The van der Waals surface area contributed by atoms with Gasteiger partial charge >= 0.3 is 0 Å². The molecule has 0 aliphatic carbocycles. The van der Waals surface area contributed by atoms with Crippen LogP contribution in [0.3, 0.4) is 0 Å². The normalized spacial score (nSPS) is 11.6. The highest BCUT2D eigenvalue weighted by atomic mass is 32.1. The molecule has 0 unspecified atom stereocenters. The van der Waals surface area contributed by atoms with Crippen LogP contribution >= 0.6 is 11.3 Å². The molecule has 0 radical (unpaired) electrons. The number of hydrogen-bond acceptors (Lipinski definition) is 7. The Labute approximate surface area is 201 Å². The fourth-order valence-corrected chi connectivity index (χ4v) is 4.16. The zero-order chi connectivity index (χ0) is 23.9. The van der Waals surface area contributed by atoms with Crippen molar-refractivity contribution in [3.8, 4) is 0 Å². The number of rotatable bonds is 7. The Morgan fingerprint density at radius 2 is 2.00 bits per heavy atom. The van der Waals surface area contributed by atoms with Crippen molar-refractivity contribution >= 4 is 57.3 Å². The highest BCUT2D eigenvalue weighted by Gasteiger charge is 2.14. The van der Waals surface area contributed by atoms with Crippen molar-refractivity contribution in [3.05, 3.63) is 82.7 Å². The van der Waals surface area contributed by atoms with Crippen molar-refractivity contribution in [2.45, 2.75) is 6.54 Å². The van der Waals surface area contributed by atoms with Crippen LogP contribution in [0.25, 0.3) is 10.9 Å². The second-order valence-corrected chi connectivity index (χ2v) is 8.53. The summed E-state index contributed by atoms with van der Waals surface area (Å²) < 4.78 is 0. The quantitative estimate of drug-likeness (QED) is 0.148. The van der Waals surface area contributed by atoms with E-state index in [9.17, 15) is 4.79 Å². The summed E-state index contributed by atoms with van der Waals surface area (Å²) in [6, 6.07) is 19.1. The van der Waals surface area contributed by atoms with E-state index in [1.165, 1.54) is 17.6 Å². The molecule has 4 aromatic rings. The van der Waals surface area contributed by atoms with Crippen molar-refractivity contribution in [1.82, 2.24) is 9.88 Å². The maximum absolute atomic E-state index is 13.0. The van der Waals surface area contributed by atoms with Crippen LogP contribution in [0.4, 0.5) is 17.1 Å². The highest BCUT2D eigenvalue weighted by molar-refractivity contribution is 7.12. The number of nitrogens with zero attached hydrogens (tertiary/aromatic N) is 4. The summed E-state index contributed by atoms with van der Waals surface area (Å²) in [6.07, 6.45) is 3.05. The summed E-state index contributed by atoms with van der Waals surface area (Å²) in [5, 5.41) is 21.2. The highest BCUT2D eigenvalue weighted by Crippen LogP contribution is 2.26. The van der Waals surface area contributed by atoms with Crippen molar-refractivity contribution in [2.75, 3.05) is 24.7 Å². The number of anilines is 2. The SMILES string of the molecule is CN(C)C(C=NO)=Nc1cccc(NC(=O)c2sccc2NCc2ccnc3ccccc23)c1. The molecule has 9 heteroatoms. The number of nitrogens with one attached hydrogen (secondary N) is 2. The number of amidine groups is 1. The molecule has 1 amide bonds. The molecule has 8 nitrogen and oxygen atoms in total. The molecular weight excluding hydrogens is 448 g/mol. The van der Waals surface area contributed by atoms with Crippen LogP contribution < -0.4 is 10.6 Å². The van der Waals surface area contributed by atoms with Gasteiger partial charge in [-0.1, -0.05) is 29.4 Å². The van der Waals surface area contributed by atoms with Crippen LogP contribution in [0.2, 0.25) is 0 Å². The molecule has 0 spiro atoms. The largest absolute Gasteiger partial charge is 0.411 e. The van der Waals surface area contributed by atoms with Gasteiger partial charge in [-0.05, 0) is 47.3 Å². The predicted molar refractivity (Wildman–Crippen MR) is 139 cm³/mol. The summed E-state index contributed by atoms with van der Waals surface area (Å²) in [5.41, 5.74) is 4.05. The van der Waals surface area contributed by atoms with Crippen LogP contribution in [0.15, 0.2) is 82.4 Å². The van der Waals surface area contributed by atoms with E-state index in [1.54, 1.807) is 43.4 Å². The molecule has 3 N–H and O–H groups in total. The Hall–Kier alpha value is -4.24. The summed E-state index contributed by atoms with van der Waals surface area (Å²) in [7, 11) is 3.60. The molecule has 2 heterocycles. The molecule has 4 rings (SSSR count). The number of aromatic nitrogens is 1. The maximum Gasteiger partial charge on any atom is 0.267 e. The molecular formula is C25H24N6O2S. The second-order valence-electron chi connectivity index (χ2n) is 7.62. The molecule has 0 aliphatic rings. The molecule has 0 bridgehead atoms. The molecule has 0 saturated carbocycles. The van der Waals surface area contributed by atoms with Crippen LogP contribution in [0, 0.1) is 0 Å². The van der Waals surface area contributed by atoms with E-state index in [0.717, 1.165) is 22.2 Å². The monoisotopic (exact) mass is 472 g/mol. The van der Waals surface area contributed by atoms with Crippen LogP contribution in [0.1, 0.15) is 15.2 Å². The van der Waals surface area contributed by atoms with Gasteiger partial charge in [0.05, 0.1) is 16.9 Å². The zero-order valence-corrected chi connectivity index (χ0v) is 19.6. The Balaban J connectivity index is 1.48.